The number of nitrogens with zero attached hydrogens (tertiary/aromatic N) is 1. The van der Waals surface area contributed by atoms with Crippen molar-refractivity contribution in [2.24, 2.45) is 17.1 Å². The van der Waals surface area contributed by atoms with Crippen LogP contribution in [0, 0.1) is 11.3 Å². The second kappa shape index (κ2) is 5.99. The third kappa shape index (κ3) is 4.40. The number of hydrogen-bond acceptors (Lipinski definition) is 3. The molecule has 2 N–H and O–H groups in total. The molecule has 3 heteroatoms. The van der Waals surface area contributed by atoms with Crippen LogP contribution >= 0.6 is 0 Å². The first-order valence-corrected chi connectivity index (χ1v) is 6.42. The monoisotopic (exact) mass is 228 g/mol. The Kier molecular flexibility index (Phi) is 5.22. The summed E-state index contributed by atoms with van der Waals surface area (Å²) in [5.41, 5.74) is 6.26. The van der Waals surface area contributed by atoms with Gasteiger partial charge in [-0.05, 0) is 31.2 Å². The van der Waals surface area contributed by atoms with E-state index in [1.54, 1.807) is 0 Å². The van der Waals surface area contributed by atoms with E-state index in [-0.39, 0.29) is 0 Å². The third-order valence-corrected chi connectivity index (χ3v) is 3.27. The fraction of sp³-hybridized carbons (Fsp3) is 1.00. The number of ether oxygens (including phenoxy) is 1. The lowest BCUT2D eigenvalue weighted by Crippen LogP contribution is -2.48. The Bertz CT molecular complexity index is 195. The summed E-state index contributed by atoms with van der Waals surface area (Å²) < 4.78 is 5.56. The van der Waals surface area contributed by atoms with Crippen LogP contribution in [0.15, 0.2) is 0 Å². The molecule has 0 spiro atoms. The topological polar surface area (TPSA) is 38.5 Å². The molecule has 0 saturated carbocycles. The summed E-state index contributed by atoms with van der Waals surface area (Å²) >= 11 is 0. The van der Waals surface area contributed by atoms with Gasteiger partial charge in [0, 0.05) is 25.7 Å². The van der Waals surface area contributed by atoms with Gasteiger partial charge in [0.25, 0.3) is 0 Å². The molecular formula is C13H28N2O. The Balaban J connectivity index is 2.51. The normalized spacial score (nSPS) is 24.8. The second-order valence-electron chi connectivity index (χ2n) is 6.26. The zero-order chi connectivity index (χ0) is 12.2. The number of nitrogens with two attached hydrogens (primary N) is 1. The van der Waals surface area contributed by atoms with Crippen molar-refractivity contribution in [2.75, 3.05) is 33.4 Å². The van der Waals surface area contributed by atoms with E-state index in [2.05, 4.69) is 32.7 Å². The van der Waals surface area contributed by atoms with Gasteiger partial charge < -0.3 is 15.4 Å². The first-order valence-electron chi connectivity index (χ1n) is 6.42. The molecule has 0 aromatic heterocycles. The van der Waals surface area contributed by atoms with E-state index in [4.69, 9.17) is 10.5 Å². The van der Waals surface area contributed by atoms with Gasteiger partial charge in [-0.2, -0.15) is 0 Å². The van der Waals surface area contributed by atoms with Gasteiger partial charge in [-0.3, -0.25) is 0 Å². The van der Waals surface area contributed by atoms with Crippen molar-refractivity contribution in [3.8, 4) is 0 Å². The van der Waals surface area contributed by atoms with Crippen LogP contribution in [-0.4, -0.2) is 44.3 Å². The maximum absolute atomic E-state index is 5.93. The van der Waals surface area contributed by atoms with Gasteiger partial charge >= 0.3 is 0 Å². The maximum Gasteiger partial charge on any atom is 0.0509 e. The zero-order valence-corrected chi connectivity index (χ0v) is 11.3. The molecule has 0 radical (unpaired) electrons. The highest BCUT2D eigenvalue weighted by Crippen LogP contribution is 2.23. The average molecular weight is 228 g/mol. The summed E-state index contributed by atoms with van der Waals surface area (Å²) in [6.45, 7) is 10.5. The van der Waals surface area contributed by atoms with Gasteiger partial charge in [0.1, 0.15) is 0 Å². The highest BCUT2D eigenvalue weighted by molar-refractivity contribution is 4.82. The second-order valence-corrected chi connectivity index (χ2v) is 6.26. The fourth-order valence-corrected chi connectivity index (χ4v) is 2.67. The Morgan fingerprint density at radius 2 is 2.12 bits per heavy atom. The van der Waals surface area contributed by atoms with E-state index < -0.39 is 0 Å². The molecular weight excluding hydrogens is 200 g/mol. The molecule has 0 amide bonds. The molecule has 0 bridgehead atoms. The first-order chi connectivity index (χ1) is 7.44. The molecule has 96 valence electrons. The molecule has 1 heterocycles. The van der Waals surface area contributed by atoms with E-state index in [0.29, 0.717) is 17.4 Å². The molecule has 1 aliphatic heterocycles. The lowest BCUT2D eigenvalue weighted by atomic mass is 9.90. The summed E-state index contributed by atoms with van der Waals surface area (Å²) in [5.74, 6) is 0.617. The third-order valence-electron chi connectivity index (χ3n) is 3.27. The lowest BCUT2D eigenvalue weighted by molar-refractivity contribution is 0.0109. The van der Waals surface area contributed by atoms with E-state index >= 15 is 0 Å². The van der Waals surface area contributed by atoms with Crippen molar-refractivity contribution in [3.63, 3.8) is 0 Å². The molecule has 1 saturated heterocycles. The molecule has 0 aromatic rings. The molecule has 0 aromatic carbocycles. The quantitative estimate of drug-likeness (QED) is 0.796. The van der Waals surface area contributed by atoms with Gasteiger partial charge in [-0.1, -0.05) is 20.8 Å². The van der Waals surface area contributed by atoms with Gasteiger partial charge in [0.2, 0.25) is 0 Å². The number of rotatable bonds is 4. The van der Waals surface area contributed by atoms with E-state index in [1.165, 1.54) is 12.8 Å². The van der Waals surface area contributed by atoms with Crippen molar-refractivity contribution in [1.82, 2.24) is 4.90 Å². The molecule has 3 nitrogen and oxygen atoms in total. The maximum atomic E-state index is 5.93. The highest BCUT2D eigenvalue weighted by atomic mass is 16.5. The van der Waals surface area contributed by atoms with Crippen LogP contribution in [0.3, 0.4) is 0 Å². The smallest absolute Gasteiger partial charge is 0.0509 e. The van der Waals surface area contributed by atoms with Gasteiger partial charge in [0.05, 0.1) is 6.61 Å². The van der Waals surface area contributed by atoms with E-state index in [1.807, 2.05) is 0 Å². The minimum atomic E-state index is 0.331. The van der Waals surface area contributed by atoms with Crippen LogP contribution < -0.4 is 5.73 Å². The molecule has 2 unspecified atom stereocenters. The minimum Gasteiger partial charge on any atom is -0.381 e. The minimum absolute atomic E-state index is 0.331. The number of hydrogen-bond donors (Lipinski definition) is 1. The lowest BCUT2D eigenvalue weighted by Gasteiger charge is -2.38. The fourth-order valence-electron chi connectivity index (χ4n) is 2.67. The van der Waals surface area contributed by atoms with Crippen LogP contribution in [0.2, 0.25) is 0 Å². The highest BCUT2D eigenvalue weighted by Gasteiger charge is 2.28. The summed E-state index contributed by atoms with van der Waals surface area (Å²) in [4.78, 5) is 2.42. The Morgan fingerprint density at radius 1 is 1.44 bits per heavy atom. The largest absolute Gasteiger partial charge is 0.381 e. The summed E-state index contributed by atoms with van der Waals surface area (Å²) in [7, 11) is 2.19. The zero-order valence-electron chi connectivity index (χ0n) is 11.3. The summed E-state index contributed by atoms with van der Waals surface area (Å²) in [5, 5.41) is 0. The van der Waals surface area contributed by atoms with Gasteiger partial charge in [-0.15, -0.1) is 0 Å². The van der Waals surface area contributed by atoms with Gasteiger partial charge in [0.15, 0.2) is 0 Å². The standard InChI is InChI=1S/C13H28N2O/c1-13(2,3)10-15(4)12(8-14)11-6-5-7-16-9-11/h11-12H,5-10,14H2,1-4H3. The van der Waals surface area contributed by atoms with Crippen LogP contribution in [-0.2, 0) is 4.74 Å². The van der Waals surface area contributed by atoms with Crippen LogP contribution in [0.25, 0.3) is 0 Å². The molecule has 2 atom stereocenters. The Hall–Kier alpha value is -0.120. The summed E-state index contributed by atoms with van der Waals surface area (Å²) in [6, 6.07) is 0.472. The van der Waals surface area contributed by atoms with E-state index in [0.717, 1.165) is 26.3 Å². The van der Waals surface area contributed by atoms with Crippen LogP contribution in [0.5, 0.6) is 0 Å². The molecule has 1 fully saturated rings. The molecule has 1 aliphatic rings. The SMILES string of the molecule is CN(CC(C)(C)C)C(CN)C1CCCOC1. The Morgan fingerprint density at radius 3 is 2.56 bits per heavy atom. The average Bonchev–Trinajstić information content (AvgIpc) is 2.17. The number of likely N-dealkylation sites (N-methyl/N-ethyl adjacent to an activating group) is 1. The molecule has 0 aliphatic carbocycles. The molecule has 1 rings (SSSR count). The van der Waals surface area contributed by atoms with Crippen molar-refractivity contribution in [2.45, 2.75) is 39.7 Å². The molecule has 16 heavy (non-hydrogen) atoms. The predicted molar refractivity (Wildman–Crippen MR) is 68.5 cm³/mol. The van der Waals surface area contributed by atoms with Crippen molar-refractivity contribution >= 4 is 0 Å². The van der Waals surface area contributed by atoms with Crippen molar-refractivity contribution in [3.05, 3.63) is 0 Å². The van der Waals surface area contributed by atoms with Crippen molar-refractivity contribution in [1.29, 1.82) is 0 Å². The van der Waals surface area contributed by atoms with Gasteiger partial charge in [-0.25, -0.2) is 0 Å². The first kappa shape index (κ1) is 13.9. The van der Waals surface area contributed by atoms with Crippen LogP contribution in [0.1, 0.15) is 33.6 Å². The summed E-state index contributed by atoms with van der Waals surface area (Å²) in [6.07, 6.45) is 2.45. The van der Waals surface area contributed by atoms with Crippen LogP contribution in [0.4, 0.5) is 0 Å². The Labute approximate surface area is 100 Å². The predicted octanol–water partition coefficient (Wildman–Crippen LogP) is 1.72. The van der Waals surface area contributed by atoms with E-state index in [9.17, 15) is 0 Å². The van der Waals surface area contributed by atoms with Crippen molar-refractivity contribution < 1.29 is 4.74 Å².